The number of amides is 1. The zero-order valence-electron chi connectivity index (χ0n) is 20.0. The summed E-state index contributed by atoms with van der Waals surface area (Å²) >= 11 is 0. The second-order valence-electron chi connectivity index (χ2n) is 8.76. The fourth-order valence-electron chi connectivity index (χ4n) is 4.02. The first-order chi connectivity index (χ1) is 16.9. The van der Waals surface area contributed by atoms with Gasteiger partial charge in [0.2, 0.25) is 0 Å². The van der Waals surface area contributed by atoms with Crippen LogP contribution in [0.4, 0.5) is 0 Å². The molecule has 4 rings (SSSR count). The molecule has 35 heavy (non-hydrogen) atoms. The maximum absolute atomic E-state index is 13.3. The van der Waals surface area contributed by atoms with Crippen LogP contribution in [-0.2, 0) is 16.1 Å². The molecule has 1 aliphatic rings. The number of ether oxygens (including phenoxy) is 2. The highest BCUT2D eigenvalue weighted by atomic mass is 16.5. The van der Waals surface area contributed by atoms with Crippen LogP contribution in [0.25, 0.3) is 5.76 Å². The molecule has 0 aliphatic carbocycles. The Morgan fingerprint density at radius 1 is 1.03 bits per heavy atom. The number of carbonyl (C=O) groups excluding carboxylic acids is 2. The predicted octanol–water partition coefficient (Wildman–Crippen LogP) is 4.75. The zero-order chi connectivity index (χ0) is 24.9. The van der Waals surface area contributed by atoms with E-state index in [2.05, 4.69) is 18.8 Å². The molecule has 2 heterocycles. The standard InChI is InChI=1S/C28H28N2O5/c1-18(2)17-35-23-12-6-8-19(14-23)25-24(26(31)20-9-7-11-22(15-20)34-3)27(32)28(33)30(25)16-21-10-4-5-13-29-21/h4-15,18,25,31H,16-17H2,1-3H3/b26-24-. The maximum Gasteiger partial charge on any atom is 0.296 e. The minimum absolute atomic E-state index is 0.0141. The highest BCUT2D eigenvalue weighted by Crippen LogP contribution is 2.41. The SMILES string of the molecule is COc1cccc(/C(O)=C2/C(=O)C(=O)N(Cc3ccccn3)C2c2cccc(OCC(C)C)c2)c1. The number of rotatable bonds is 8. The quantitative estimate of drug-likeness (QED) is 0.289. The Hall–Kier alpha value is -4.13. The molecular weight excluding hydrogens is 444 g/mol. The van der Waals surface area contributed by atoms with Gasteiger partial charge in [0.15, 0.2) is 0 Å². The maximum atomic E-state index is 13.3. The Bertz CT molecular complexity index is 1250. The molecule has 1 saturated heterocycles. The number of aromatic nitrogens is 1. The Morgan fingerprint density at radius 2 is 1.80 bits per heavy atom. The summed E-state index contributed by atoms with van der Waals surface area (Å²) in [7, 11) is 1.52. The molecule has 0 bridgehead atoms. The number of carbonyl (C=O) groups is 2. The topological polar surface area (TPSA) is 89.0 Å². The van der Waals surface area contributed by atoms with Gasteiger partial charge in [0.25, 0.3) is 11.7 Å². The molecule has 1 unspecified atom stereocenters. The smallest absolute Gasteiger partial charge is 0.296 e. The number of likely N-dealkylation sites (tertiary alicyclic amines) is 1. The molecule has 1 atom stereocenters. The van der Waals surface area contributed by atoms with Crippen molar-refractivity contribution in [2.45, 2.75) is 26.4 Å². The average molecular weight is 473 g/mol. The molecule has 0 saturated carbocycles. The number of aliphatic hydroxyl groups excluding tert-OH is 1. The molecular formula is C28H28N2O5. The Morgan fingerprint density at radius 3 is 2.51 bits per heavy atom. The molecule has 1 fully saturated rings. The third kappa shape index (κ3) is 5.19. The molecule has 7 heteroatoms. The van der Waals surface area contributed by atoms with Crippen LogP contribution in [-0.4, -0.2) is 40.4 Å². The van der Waals surface area contributed by atoms with Crippen LogP contribution in [0.5, 0.6) is 11.5 Å². The highest BCUT2D eigenvalue weighted by Gasteiger charge is 2.46. The lowest BCUT2D eigenvalue weighted by atomic mass is 9.95. The van der Waals surface area contributed by atoms with Crippen LogP contribution in [0.2, 0.25) is 0 Å². The molecule has 1 aromatic heterocycles. The largest absolute Gasteiger partial charge is 0.507 e. The summed E-state index contributed by atoms with van der Waals surface area (Å²) in [5, 5.41) is 11.3. The van der Waals surface area contributed by atoms with Crippen molar-refractivity contribution in [3.05, 3.63) is 95.3 Å². The van der Waals surface area contributed by atoms with Crippen molar-refractivity contribution in [2.75, 3.05) is 13.7 Å². The number of ketones is 1. The van der Waals surface area contributed by atoms with Crippen molar-refractivity contribution in [2.24, 2.45) is 5.92 Å². The van der Waals surface area contributed by atoms with E-state index in [1.165, 1.54) is 12.0 Å². The van der Waals surface area contributed by atoms with Crippen LogP contribution in [0, 0.1) is 5.92 Å². The van der Waals surface area contributed by atoms with Gasteiger partial charge in [-0.15, -0.1) is 0 Å². The van der Waals surface area contributed by atoms with Gasteiger partial charge in [0, 0.05) is 11.8 Å². The van der Waals surface area contributed by atoms with Gasteiger partial charge in [-0.3, -0.25) is 14.6 Å². The van der Waals surface area contributed by atoms with Crippen molar-refractivity contribution in [1.29, 1.82) is 0 Å². The first-order valence-electron chi connectivity index (χ1n) is 11.4. The number of pyridine rings is 1. The van der Waals surface area contributed by atoms with Gasteiger partial charge < -0.3 is 19.5 Å². The van der Waals surface area contributed by atoms with Crippen LogP contribution >= 0.6 is 0 Å². The molecule has 0 spiro atoms. The number of hydrogen-bond acceptors (Lipinski definition) is 6. The van der Waals surface area contributed by atoms with Gasteiger partial charge in [0.1, 0.15) is 17.3 Å². The van der Waals surface area contributed by atoms with E-state index in [9.17, 15) is 14.7 Å². The van der Waals surface area contributed by atoms with E-state index in [-0.39, 0.29) is 17.9 Å². The molecule has 3 aromatic rings. The minimum atomic E-state index is -0.814. The van der Waals surface area contributed by atoms with Crippen LogP contribution in [0.15, 0.2) is 78.5 Å². The van der Waals surface area contributed by atoms with Gasteiger partial charge in [-0.25, -0.2) is 0 Å². The van der Waals surface area contributed by atoms with Gasteiger partial charge in [-0.1, -0.05) is 44.2 Å². The molecule has 7 nitrogen and oxygen atoms in total. The summed E-state index contributed by atoms with van der Waals surface area (Å²) in [6, 6.07) is 18.6. The third-order valence-electron chi connectivity index (χ3n) is 5.70. The van der Waals surface area contributed by atoms with Crippen LogP contribution < -0.4 is 9.47 Å². The molecule has 0 radical (unpaired) electrons. The molecule has 180 valence electrons. The lowest BCUT2D eigenvalue weighted by Gasteiger charge is -2.25. The van der Waals surface area contributed by atoms with Crippen molar-refractivity contribution in [3.63, 3.8) is 0 Å². The van der Waals surface area contributed by atoms with Gasteiger partial charge >= 0.3 is 0 Å². The van der Waals surface area contributed by atoms with Gasteiger partial charge in [-0.05, 0) is 47.9 Å². The summed E-state index contributed by atoms with van der Waals surface area (Å²) in [5.41, 5.74) is 1.69. The van der Waals surface area contributed by atoms with E-state index in [0.29, 0.717) is 40.8 Å². The Labute approximate surface area is 204 Å². The highest BCUT2D eigenvalue weighted by molar-refractivity contribution is 6.46. The van der Waals surface area contributed by atoms with Crippen molar-refractivity contribution in [1.82, 2.24) is 9.88 Å². The van der Waals surface area contributed by atoms with Crippen LogP contribution in [0.3, 0.4) is 0 Å². The van der Waals surface area contributed by atoms with E-state index < -0.39 is 17.7 Å². The summed E-state index contributed by atoms with van der Waals surface area (Å²) < 4.78 is 11.2. The molecule has 2 aromatic carbocycles. The number of aliphatic hydroxyl groups is 1. The summed E-state index contributed by atoms with van der Waals surface area (Å²) in [6.45, 7) is 4.75. The van der Waals surface area contributed by atoms with Crippen LogP contribution in [0.1, 0.15) is 36.7 Å². The summed E-state index contributed by atoms with van der Waals surface area (Å²) in [5.74, 6) is -0.220. The second-order valence-corrected chi connectivity index (χ2v) is 8.76. The zero-order valence-corrected chi connectivity index (χ0v) is 20.0. The lowest BCUT2D eigenvalue weighted by Crippen LogP contribution is -2.29. The fraction of sp³-hybridized carbons (Fsp3) is 0.250. The van der Waals surface area contributed by atoms with E-state index in [1.54, 1.807) is 42.6 Å². The lowest BCUT2D eigenvalue weighted by molar-refractivity contribution is -0.140. The number of hydrogen-bond donors (Lipinski definition) is 1. The van der Waals surface area contributed by atoms with E-state index >= 15 is 0 Å². The summed E-state index contributed by atoms with van der Waals surface area (Å²) in [6.07, 6.45) is 1.64. The number of nitrogens with zero attached hydrogens (tertiary/aromatic N) is 2. The van der Waals surface area contributed by atoms with Crippen molar-refractivity contribution >= 4 is 17.4 Å². The molecule has 1 amide bonds. The molecule has 1 N–H and O–H groups in total. The fourth-order valence-corrected chi connectivity index (χ4v) is 4.02. The van der Waals surface area contributed by atoms with E-state index in [4.69, 9.17) is 9.47 Å². The Balaban J connectivity index is 1.83. The number of Topliss-reactive ketones (excluding diaryl/α,β-unsaturated/α-hetero) is 1. The third-order valence-corrected chi connectivity index (χ3v) is 5.70. The minimum Gasteiger partial charge on any atom is -0.507 e. The van der Waals surface area contributed by atoms with E-state index in [0.717, 1.165) is 0 Å². The average Bonchev–Trinajstić information content (AvgIpc) is 3.12. The first kappa shape index (κ1) is 24.0. The van der Waals surface area contributed by atoms with Gasteiger partial charge in [0.05, 0.1) is 37.6 Å². The van der Waals surface area contributed by atoms with Gasteiger partial charge in [-0.2, -0.15) is 0 Å². The first-order valence-corrected chi connectivity index (χ1v) is 11.4. The van der Waals surface area contributed by atoms with Crippen molar-refractivity contribution in [3.8, 4) is 11.5 Å². The Kier molecular flexibility index (Phi) is 7.15. The normalized spacial score (nSPS) is 17.1. The van der Waals surface area contributed by atoms with Crippen molar-refractivity contribution < 1.29 is 24.2 Å². The number of benzene rings is 2. The summed E-state index contributed by atoms with van der Waals surface area (Å²) in [4.78, 5) is 32.2. The van der Waals surface area contributed by atoms with E-state index in [1.807, 2.05) is 30.3 Å². The monoisotopic (exact) mass is 472 g/mol. The molecule has 1 aliphatic heterocycles. The second kappa shape index (κ2) is 10.4. The number of methoxy groups -OCH3 is 1. The predicted molar refractivity (Wildman–Crippen MR) is 132 cm³/mol.